The summed E-state index contributed by atoms with van der Waals surface area (Å²) in [6.45, 7) is 4.19. The third-order valence-electron chi connectivity index (χ3n) is 4.82. The average Bonchev–Trinajstić information content (AvgIpc) is 2.70. The Balaban J connectivity index is 1.60. The second kappa shape index (κ2) is 8.30. The molecule has 4 rings (SSSR count). The minimum atomic E-state index is -0.478. The normalized spacial score (nSPS) is 16.9. The maximum atomic E-state index is 13.5. The van der Waals surface area contributed by atoms with Gasteiger partial charge in [0.15, 0.2) is 0 Å². The molecule has 29 heavy (non-hydrogen) atoms. The van der Waals surface area contributed by atoms with Gasteiger partial charge in [0, 0.05) is 43.5 Å². The quantitative estimate of drug-likeness (QED) is 0.501. The number of halogens is 4. The Morgan fingerprint density at radius 1 is 1.03 bits per heavy atom. The predicted molar refractivity (Wildman–Crippen MR) is 116 cm³/mol. The first-order valence-corrected chi connectivity index (χ1v) is 10.2. The molecule has 2 aromatic heterocycles. The highest BCUT2D eigenvalue weighted by Crippen LogP contribution is 2.29. The van der Waals surface area contributed by atoms with Crippen molar-refractivity contribution >= 4 is 46.6 Å². The Morgan fingerprint density at radius 3 is 2.59 bits per heavy atom. The van der Waals surface area contributed by atoms with Gasteiger partial charge in [0.1, 0.15) is 16.8 Å². The number of aromatic nitrogens is 3. The fourth-order valence-electron chi connectivity index (χ4n) is 3.39. The van der Waals surface area contributed by atoms with Crippen molar-refractivity contribution in [2.24, 2.45) is 0 Å². The van der Waals surface area contributed by atoms with E-state index in [0.29, 0.717) is 47.0 Å². The molecule has 1 fully saturated rings. The molecule has 1 aliphatic rings. The minimum absolute atomic E-state index is 0.0352. The second-order valence-corrected chi connectivity index (χ2v) is 8.00. The van der Waals surface area contributed by atoms with Crippen molar-refractivity contribution in [1.82, 2.24) is 15.0 Å². The van der Waals surface area contributed by atoms with Gasteiger partial charge >= 0.3 is 0 Å². The van der Waals surface area contributed by atoms with Crippen molar-refractivity contribution in [1.29, 1.82) is 0 Å². The van der Waals surface area contributed by atoms with Gasteiger partial charge < -0.3 is 9.80 Å². The van der Waals surface area contributed by atoms with Crippen LogP contribution in [0.1, 0.15) is 6.92 Å². The van der Waals surface area contributed by atoms with Crippen molar-refractivity contribution in [3.05, 3.63) is 63.6 Å². The summed E-state index contributed by atoms with van der Waals surface area (Å²) in [4.78, 5) is 17.7. The molecule has 0 aliphatic carbocycles. The van der Waals surface area contributed by atoms with Gasteiger partial charge in [-0.25, -0.2) is 19.3 Å². The summed E-state index contributed by atoms with van der Waals surface area (Å²) in [5.74, 6) is 0.815. The van der Waals surface area contributed by atoms with E-state index in [4.69, 9.17) is 34.8 Å². The first-order chi connectivity index (χ1) is 13.9. The molecule has 0 spiro atoms. The standard InChI is InChI=1S/C20H17Cl3FN5/c1-12-11-28(19-14(21)3-2-6-25-19)7-8-29(12)20-26-17(10-18(23)27-20)13-4-5-16(24)15(22)9-13/h2-6,9-10,12H,7-8,11H2,1H3. The summed E-state index contributed by atoms with van der Waals surface area (Å²) in [7, 11) is 0. The molecule has 0 saturated carbocycles. The molecule has 1 unspecified atom stereocenters. The van der Waals surface area contributed by atoms with Gasteiger partial charge in [-0.05, 0) is 37.3 Å². The zero-order valence-electron chi connectivity index (χ0n) is 15.5. The molecule has 9 heteroatoms. The Labute approximate surface area is 183 Å². The van der Waals surface area contributed by atoms with E-state index >= 15 is 0 Å². The number of hydrogen-bond acceptors (Lipinski definition) is 5. The molecule has 0 amide bonds. The number of rotatable bonds is 3. The van der Waals surface area contributed by atoms with Crippen LogP contribution in [0.5, 0.6) is 0 Å². The first kappa shape index (κ1) is 20.1. The Hall–Kier alpha value is -2.15. The fourth-order valence-corrected chi connectivity index (χ4v) is 4.00. The maximum absolute atomic E-state index is 13.5. The molecule has 1 saturated heterocycles. The van der Waals surface area contributed by atoms with E-state index in [1.54, 1.807) is 18.3 Å². The van der Waals surface area contributed by atoms with Crippen molar-refractivity contribution in [3.8, 4) is 11.3 Å². The van der Waals surface area contributed by atoms with Crippen LogP contribution in [0.15, 0.2) is 42.6 Å². The summed E-state index contributed by atoms with van der Waals surface area (Å²) in [6.07, 6.45) is 1.73. The predicted octanol–water partition coefficient (Wildman–Crippen LogP) is 5.35. The fraction of sp³-hybridized carbons (Fsp3) is 0.250. The van der Waals surface area contributed by atoms with Gasteiger partial charge in [-0.2, -0.15) is 0 Å². The van der Waals surface area contributed by atoms with Crippen LogP contribution in [0.25, 0.3) is 11.3 Å². The molecule has 0 radical (unpaired) electrons. The third-order valence-corrected chi connectivity index (χ3v) is 5.60. The zero-order chi connectivity index (χ0) is 20.5. The molecule has 1 atom stereocenters. The van der Waals surface area contributed by atoms with Crippen molar-refractivity contribution in [2.45, 2.75) is 13.0 Å². The number of hydrogen-bond donors (Lipinski definition) is 0. The lowest BCUT2D eigenvalue weighted by Gasteiger charge is -2.40. The van der Waals surface area contributed by atoms with Crippen LogP contribution in [0.4, 0.5) is 16.2 Å². The van der Waals surface area contributed by atoms with E-state index in [1.165, 1.54) is 12.1 Å². The molecule has 1 aromatic carbocycles. The van der Waals surface area contributed by atoms with Crippen LogP contribution in [0.2, 0.25) is 15.2 Å². The number of anilines is 2. The van der Waals surface area contributed by atoms with Crippen LogP contribution in [-0.2, 0) is 0 Å². The smallest absolute Gasteiger partial charge is 0.227 e. The lowest BCUT2D eigenvalue weighted by molar-refractivity contribution is 0.537. The summed E-state index contributed by atoms with van der Waals surface area (Å²) >= 11 is 18.5. The van der Waals surface area contributed by atoms with E-state index < -0.39 is 5.82 Å². The van der Waals surface area contributed by atoms with E-state index in [1.807, 2.05) is 12.1 Å². The summed E-state index contributed by atoms with van der Waals surface area (Å²) in [5, 5.41) is 0.975. The SMILES string of the molecule is CC1CN(c2ncccc2Cl)CCN1c1nc(Cl)cc(-c2ccc(F)c(Cl)c2)n1. The molecule has 0 bridgehead atoms. The van der Waals surface area contributed by atoms with Crippen LogP contribution < -0.4 is 9.80 Å². The highest BCUT2D eigenvalue weighted by molar-refractivity contribution is 6.33. The van der Waals surface area contributed by atoms with E-state index in [0.717, 1.165) is 5.82 Å². The van der Waals surface area contributed by atoms with Crippen molar-refractivity contribution in [2.75, 3.05) is 29.4 Å². The van der Waals surface area contributed by atoms with Crippen LogP contribution in [0, 0.1) is 5.82 Å². The highest BCUT2D eigenvalue weighted by Gasteiger charge is 2.28. The Kier molecular flexibility index (Phi) is 5.76. The minimum Gasteiger partial charge on any atom is -0.352 e. The van der Waals surface area contributed by atoms with Crippen LogP contribution in [0.3, 0.4) is 0 Å². The molecule has 0 N–H and O–H groups in total. The van der Waals surface area contributed by atoms with E-state index in [-0.39, 0.29) is 11.1 Å². The largest absolute Gasteiger partial charge is 0.352 e. The Morgan fingerprint density at radius 2 is 1.86 bits per heavy atom. The van der Waals surface area contributed by atoms with E-state index in [2.05, 4.69) is 31.7 Å². The topological polar surface area (TPSA) is 45.2 Å². The monoisotopic (exact) mass is 451 g/mol. The van der Waals surface area contributed by atoms with Crippen LogP contribution >= 0.6 is 34.8 Å². The number of benzene rings is 1. The van der Waals surface area contributed by atoms with Gasteiger partial charge in [-0.1, -0.05) is 34.8 Å². The molecular formula is C20H17Cl3FN5. The first-order valence-electron chi connectivity index (χ1n) is 9.04. The van der Waals surface area contributed by atoms with Gasteiger partial charge in [-0.3, -0.25) is 0 Å². The molecule has 3 heterocycles. The lowest BCUT2D eigenvalue weighted by Crippen LogP contribution is -2.53. The summed E-state index contributed by atoms with van der Waals surface area (Å²) < 4.78 is 13.5. The summed E-state index contributed by atoms with van der Waals surface area (Å²) in [6, 6.07) is 9.85. The van der Waals surface area contributed by atoms with Crippen molar-refractivity contribution in [3.63, 3.8) is 0 Å². The Bertz CT molecular complexity index is 1050. The lowest BCUT2D eigenvalue weighted by atomic mass is 10.1. The third kappa shape index (κ3) is 4.25. The van der Waals surface area contributed by atoms with Crippen molar-refractivity contribution < 1.29 is 4.39 Å². The van der Waals surface area contributed by atoms with Gasteiger partial charge in [-0.15, -0.1) is 0 Å². The highest BCUT2D eigenvalue weighted by atomic mass is 35.5. The van der Waals surface area contributed by atoms with Gasteiger partial charge in [0.25, 0.3) is 0 Å². The molecule has 150 valence electrons. The molecule has 1 aliphatic heterocycles. The summed E-state index contributed by atoms with van der Waals surface area (Å²) in [5.41, 5.74) is 1.26. The zero-order valence-corrected chi connectivity index (χ0v) is 17.8. The maximum Gasteiger partial charge on any atom is 0.227 e. The molecule has 5 nitrogen and oxygen atoms in total. The van der Waals surface area contributed by atoms with Crippen LogP contribution in [-0.4, -0.2) is 40.6 Å². The molecule has 3 aromatic rings. The average molecular weight is 453 g/mol. The molecular weight excluding hydrogens is 436 g/mol. The number of nitrogens with zero attached hydrogens (tertiary/aromatic N) is 5. The number of pyridine rings is 1. The van der Waals surface area contributed by atoms with E-state index in [9.17, 15) is 4.39 Å². The van der Waals surface area contributed by atoms with Gasteiger partial charge in [0.2, 0.25) is 5.95 Å². The second-order valence-electron chi connectivity index (χ2n) is 6.80. The number of piperazine rings is 1. The van der Waals surface area contributed by atoms with Gasteiger partial charge in [0.05, 0.1) is 15.7 Å².